The molecule has 23 heavy (non-hydrogen) atoms. The third-order valence-corrected chi connectivity index (χ3v) is 6.64. The van der Waals surface area contributed by atoms with Crippen LogP contribution in [-0.4, -0.2) is 20.3 Å². The number of hydrogen-bond donors (Lipinski definition) is 1. The number of fused-ring (bicyclic) bond motifs is 1. The summed E-state index contributed by atoms with van der Waals surface area (Å²) in [5, 5.41) is 0.587. The second-order valence-corrected chi connectivity index (χ2v) is 8.86. The lowest BCUT2D eigenvalue weighted by Crippen LogP contribution is -2.24. The van der Waals surface area contributed by atoms with Crippen molar-refractivity contribution >= 4 is 50.7 Å². The van der Waals surface area contributed by atoms with Crippen LogP contribution in [0.4, 0.5) is 0 Å². The summed E-state index contributed by atoms with van der Waals surface area (Å²) in [7, 11) is 0. The van der Waals surface area contributed by atoms with Crippen molar-refractivity contribution in [1.29, 1.82) is 0 Å². The second kappa shape index (κ2) is 5.19. The average molecular weight is 375 g/mol. The summed E-state index contributed by atoms with van der Waals surface area (Å²) >= 11 is 13.4. The third kappa shape index (κ3) is 2.57. The van der Waals surface area contributed by atoms with E-state index in [0.29, 0.717) is 22.5 Å². The van der Waals surface area contributed by atoms with E-state index in [4.69, 9.17) is 27.9 Å². The van der Waals surface area contributed by atoms with E-state index in [2.05, 4.69) is 9.97 Å². The molecule has 0 bridgehead atoms. The topological polar surface area (TPSA) is 72.0 Å². The van der Waals surface area contributed by atoms with Crippen molar-refractivity contribution in [2.24, 2.45) is 5.41 Å². The summed E-state index contributed by atoms with van der Waals surface area (Å²) in [6.45, 7) is 7.15. The number of nitrogens with zero attached hydrogens (tertiary/aromatic N) is 1. The largest absolute Gasteiger partial charge is 0.454 e. The van der Waals surface area contributed by atoms with Gasteiger partial charge in [0.2, 0.25) is 0 Å². The Morgan fingerprint density at radius 2 is 2.04 bits per heavy atom. The Balaban J connectivity index is 1.89. The molecule has 2 aromatic heterocycles. The van der Waals surface area contributed by atoms with Gasteiger partial charge in [0.05, 0.1) is 5.39 Å². The van der Waals surface area contributed by atoms with Crippen molar-refractivity contribution < 1.29 is 9.53 Å². The van der Waals surface area contributed by atoms with Crippen LogP contribution in [0.2, 0.25) is 0 Å². The third-order valence-electron chi connectivity index (χ3n) is 4.43. The number of ether oxygens (including phenoxy) is 1. The van der Waals surface area contributed by atoms with Crippen LogP contribution < -0.4 is 5.56 Å². The first-order valence-corrected chi connectivity index (χ1v) is 8.73. The molecule has 1 aliphatic carbocycles. The van der Waals surface area contributed by atoms with Gasteiger partial charge in [-0.15, -0.1) is 34.5 Å². The van der Waals surface area contributed by atoms with E-state index in [1.165, 1.54) is 11.3 Å². The second-order valence-electron chi connectivity index (χ2n) is 6.18. The maximum absolute atomic E-state index is 12.3. The monoisotopic (exact) mass is 374 g/mol. The fourth-order valence-corrected chi connectivity index (χ4v) is 4.16. The molecule has 1 aliphatic rings. The van der Waals surface area contributed by atoms with E-state index in [1.54, 1.807) is 13.8 Å². The zero-order valence-electron chi connectivity index (χ0n) is 13.1. The molecule has 0 unspecified atom stereocenters. The van der Waals surface area contributed by atoms with Gasteiger partial charge in [0.1, 0.15) is 14.6 Å². The first-order valence-electron chi connectivity index (χ1n) is 7.15. The number of rotatable bonds is 3. The van der Waals surface area contributed by atoms with Crippen molar-refractivity contribution in [3.63, 3.8) is 0 Å². The van der Waals surface area contributed by atoms with Gasteiger partial charge in [-0.3, -0.25) is 9.59 Å². The van der Waals surface area contributed by atoms with Crippen molar-refractivity contribution in [2.45, 2.75) is 44.6 Å². The molecule has 1 fully saturated rings. The van der Waals surface area contributed by atoms with E-state index in [1.807, 2.05) is 13.8 Å². The summed E-state index contributed by atoms with van der Waals surface area (Å²) in [4.78, 5) is 33.3. The molecule has 8 heteroatoms. The maximum atomic E-state index is 12.3. The highest BCUT2D eigenvalue weighted by atomic mass is 35.5. The van der Waals surface area contributed by atoms with E-state index in [0.717, 1.165) is 10.4 Å². The maximum Gasteiger partial charge on any atom is 0.315 e. The van der Waals surface area contributed by atoms with Crippen LogP contribution in [-0.2, 0) is 9.53 Å². The molecule has 5 nitrogen and oxygen atoms in total. The normalized spacial score (nSPS) is 23.7. The van der Waals surface area contributed by atoms with Crippen LogP contribution in [0.3, 0.4) is 0 Å². The first kappa shape index (κ1) is 16.7. The summed E-state index contributed by atoms with van der Waals surface area (Å²) in [5.41, 5.74) is -0.212. The molecule has 2 heterocycles. The number of H-pyrrole nitrogens is 1. The lowest BCUT2D eigenvalue weighted by Gasteiger charge is -2.16. The molecule has 2 aromatic rings. The van der Waals surface area contributed by atoms with Gasteiger partial charge in [-0.2, -0.15) is 0 Å². The first-order chi connectivity index (χ1) is 10.6. The molecule has 0 amide bonds. The van der Waals surface area contributed by atoms with Gasteiger partial charge in [0, 0.05) is 11.3 Å². The molecule has 1 saturated carbocycles. The number of halogens is 2. The Kier molecular flexibility index (Phi) is 3.78. The minimum Gasteiger partial charge on any atom is -0.454 e. The Morgan fingerprint density at radius 1 is 1.43 bits per heavy atom. The Morgan fingerprint density at radius 3 is 2.61 bits per heavy atom. The van der Waals surface area contributed by atoms with Crippen LogP contribution in [0.15, 0.2) is 4.79 Å². The number of carbonyl (C=O) groups excluding carboxylic acids is 1. The fraction of sp³-hybridized carbons (Fsp3) is 0.533. The molecule has 124 valence electrons. The lowest BCUT2D eigenvalue weighted by atomic mass is 10.1. The number of hydrogen-bond acceptors (Lipinski definition) is 5. The molecule has 2 atom stereocenters. The Hall–Kier alpha value is -1.11. The molecule has 1 N–H and O–H groups in total. The molecule has 0 saturated heterocycles. The number of carbonyl (C=O) groups is 1. The molecule has 0 spiro atoms. The smallest absolute Gasteiger partial charge is 0.315 e. The Labute approximate surface area is 147 Å². The minimum atomic E-state index is -1.09. The van der Waals surface area contributed by atoms with Gasteiger partial charge < -0.3 is 9.72 Å². The summed E-state index contributed by atoms with van der Waals surface area (Å²) in [5.74, 6) is -0.174. The van der Waals surface area contributed by atoms with Crippen LogP contribution in [0.5, 0.6) is 0 Å². The quantitative estimate of drug-likeness (QED) is 0.655. The number of thiophene rings is 1. The van der Waals surface area contributed by atoms with E-state index >= 15 is 0 Å². The van der Waals surface area contributed by atoms with Gasteiger partial charge in [-0.05, 0) is 33.3 Å². The summed E-state index contributed by atoms with van der Waals surface area (Å²) in [6, 6.07) is 0. The molecular formula is C15H16Cl2N2O3S. The SMILES string of the molecule is Cc1sc2nc([C@H](C)OC(=O)[C@]3(C)CC3(Cl)Cl)[nH]c(=O)c2c1C. The summed E-state index contributed by atoms with van der Waals surface area (Å²) < 4.78 is 4.32. The number of aryl methyl sites for hydroxylation is 2. The number of aromatic nitrogens is 2. The standard InChI is InChI=1S/C15H16Cl2N2O3S/c1-6-8(3)23-12-9(6)11(20)18-10(19-12)7(2)22-13(21)14(4)5-15(14,16)17/h7H,5H2,1-4H3,(H,18,19,20)/t7-,14-/m0/s1. The van der Waals surface area contributed by atoms with Crippen molar-refractivity contribution in [1.82, 2.24) is 9.97 Å². The van der Waals surface area contributed by atoms with Gasteiger partial charge in [0.15, 0.2) is 11.9 Å². The van der Waals surface area contributed by atoms with Crippen molar-refractivity contribution in [3.8, 4) is 0 Å². The zero-order valence-corrected chi connectivity index (χ0v) is 15.4. The average Bonchev–Trinajstić information content (AvgIpc) is 2.82. The van der Waals surface area contributed by atoms with Gasteiger partial charge >= 0.3 is 5.97 Å². The fourth-order valence-electron chi connectivity index (χ4n) is 2.43. The Bertz CT molecular complexity index is 873. The van der Waals surface area contributed by atoms with E-state index in [-0.39, 0.29) is 5.56 Å². The van der Waals surface area contributed by atoms with Gasteiger partial charge in [-0.1, -0.05) is 0 Å². The predicted molar refractivity (Wildman–Crippen MR) is 91.4 cm³/mol. The highest BCUT2D eigenvalue weighted by Crippen LogP contribution is 2.64. The number of aromatic amines is 1. The minimum absolute atomic E-state index is 0.226. The molecule has 0 aromatic carbocycles. The van der Waals surface area contributed by atoms with Crippen LogP contribution >= 0.6 is 34.5 Å². The van der Waals surface area contributed by atoms with E-state index in [9.17, 15) is 9.59 Å². The van der Waals surface area contributed by atoms with Crippen molar-refractivity contribution in [2.75, 3.05) is 0 Å². The molecule has 0 radical (unpaired) electrons. The summed E-state index contributed by atoms with van der Waals surface area (Å²) in [6.07, 6.45) is -0.343. The zero-order chi connectivity index (χ0) is 17.2. The van der Waals surface area contributed by atoms with Crippen LogP contribution in [0.25, 0.3) is 10.2 Å². The number of nitrogens with one attached hydrogen (secondary N) is 1. The number of esters is 1. The van der Waals surface area contributed by atoms with Gasteiger partial charge in [0.25, 0.3) is 5.56 Å². The van der Waals surface area contributed by atoms with Crippen LogP contribution in [0, 0.1) is 19.3 Å². The molecule has 0 aliphatic heterocycles. The van der Waals surface area contributed by atoms with Crippen LogP contribution in [0.1, 0.15) is 42.6 Å². The van der Waals surface area contributed by atoms with E-state index < -0.39 is 21.8 Å². The predicted octanol–water partition coefficient (Wildman–Crippen LogP) is 3.79. The highest BCUT2D eigenvalue weighted by Gasteiger charge is 2.69. The highest BCUT2D eigenvalue weighted by molar-refractivity contribution is 7.18. The van der Waals surface area contributed by atoms with Crippen molar-refractivity contribution in [3.05, 3.63) is 26.6 Å². The van der Waals surface area contributed by atoms with Gasteiger partial charge in [-0.25, -0.2) is 4.98 Å². The number of alkyl halides is 2. The molecular weight excluding hydrogens is 359 g/mol. The lowest BCUT2D eigenvalue weighted by molar-refractivity contribution is -0.155. The molecule has 3 rings (SSSR count).